The number of carbonyl (C=O) groups excluding carboxylic acids is 6. The number of rotatable bonds is 5. The van der Waals surface area contributed by atoms with Crippen LogP contribution in [0.25, 0.3) is 0 Å². The van der Waals surface area contributed by atoms with Crippen LogP contribution < -0.4 is 5.32 Å². The highest BCUT2D eigenvalue weighted by atomic mass is 16.6. The molecule has 12 heteroatoms. The van der Waals surface area contributed by atoms with Gasteiger partial charge in [0.25, 0.3) is 0 Å². The van der Waals surface area contributed by atoms with Crippen molar-refractivity contribution in [2.24, 2.45) is 11.3 Å². The van der Waals surface area contributed by atoms with E-state index in [2.05, 4.69) is 5.32 Å². The van der Waals surface area contributed by atoms with Crippen molar-refractivity contribution in [3.05, 3.63) is 35.9 Å². The number of carbonyl (C=O) groups is 6. The van der Waals surface area contributed by atoms with E-state index < -0.39 is 83.1 Å². The summed E-state index contributed by atoms with van der Waals surface area (Å²) in [6.45, 7) is 13.4. The molecule has 0 spiro atoms. The molecule has 0 saturated carbocycles. The van der Waals surface area contributed by atoms with Gasteiger partial charge in [-0.3, -0.25) is 9.59 Å². The summed E-state index contributed by atoms with van der Waals surface area (Å²) in [6, 6.07) is 7.06. The van der Waals surface area contributed by atoms with Gasteiger partial charge < -0.3 is 29.0 Å². The van der Waals surface area contributed by atoms with E-state index >= 15 is 0 Å². The zero-order valence-electron chi connectivity index (χ0n) is 26.3. The first-order valence-electron chi connectivity index (χ1n) is 14.3. The zero-order chi connectivity index (χ0) is 32.7. The number of nitrogens with one attached hydrogen (secondary N) is 1. The SMILES string of the molecule is CC[C@H](C)[C@@H]1OC(=O)C(C)(C)C(=O)[C@@H](Cc2ccccc2)OC(=O)[C@H](C)OC(=O)[C@@H](NC(=O)OC(C)(C)C)[C@@H](C)OC1=O. The van der Waals surface area contributed by atoms with Gasteiger partial charge >= 0.3 is 30.0 Å². The largest absolute Gasteiger partial charge is 0.457 e. The monoisotopic (exact) mass is 605 g/mol. The van der Waals surface area contributed by atoms with Crippen molar-refractivity contribution in [3.63, 3.8) is 0 Å². The molecular weight excluding hydrogens is 562 g/mol. The molecule has 43 heavy (non-hydrogen) atoms. The number of benzene rings is 1. The molecule has 12 nitrogen and oxygen atoms in total. The van der Waals surface area contributed by atoms with Crippen LogP contribution in [-0.2, 0) is 54.1 Å². The third-order valence-corrected chi connectivity index (χ3v) is 6.89. The van der Waals surface area contributed by atoms with Crippen LogP contribution in [0.15, 0.2) is 30.3 Å². The molecule has 1 aliphatic heterocycles. The van der Waals surface area contributed by atoms with Gasteiger partial charge in [0, 0.05) is 12.3 Å². The maximum absolute atomic E-state index is 13.7. The van der Waals surface area contributed by atoms with Gasteiger partial charge in [0.15, 0.2) is 24.0 Å². The summed E-state index contributed by atoms with van der Waals surface area (Å²) in [4.78, 5) is 79.4. The number of ether oxygens (including phenoxy) is 5. The van der Waals surface area contributed by atoms with Crippen molar-refractivity contribution < 1.29 is 52.5 Å². The summed E-state index contributed by atoms with van der Waals surface area (Å²) in [6.07, 6.45) is -6.52. The Morgan fingerprint density at radius 3 is 2.09 bits per heavy atom. The first kappa shape index (κ1) is 35.2. The van der Waals surface area contributed by atoms with Gasteiger partial charge in [-0.05, 0) is 60.5 Å². The third-order valence-electron chi connectivity index (χ3n) is 6.89. The quantitative estimate of drug-likeness (QED) is 0.297. The molecule has 0 bridgehead atoms. The molecule has 1 heterocycles. The van der Waals surface area contributed by atoms with E-state index in [9.17, 15) is 28.8 Å². The normalized spacial score (nSPS) is 26.4. The second-order valence-electron chi connectivity index (χ2n) is 12.2. The molecule has 1 aromatic rings. The number of alkyl carbamates (subject to hydrolysis) is 1. The molecule has 0 aliphatic carbocycles. The van der Waals surface area contributed by atoms with E-state index in [1.165, 1.54) is 27.7 Å². The Labute approximate surface area is 252 Å². The summed E-state index contributed by atoms with van der Waals surface area (Å²) in [5.74, 6) is -5.56. The number of ketones is 1. The standard InChI is InChI=1S/C31H43NO11/c1-10-17(2)23-27(36)39-18(3)22(32-29(38)43-30(5,6)7)26(35)40-19(4)25(34)41-21(16-20-14-12-11-13-15-20)24(33)31(8,9)28(37)42-23/h11-15,17-19,21-23H,10,16H2,1-9H3,(H,32,38)/t17-,18+,19-,21+,22-,23-/m0/s1. The van der Waals surface area contributed by atoms with Crippen molar-refractivity contribution >= 4 is 35.8 Å². The Balaban J connectivity index is 2.56. The van der Waals surface area contributed by atoms with Crippen LogP contribution in [0.2, 0.25) is 0 Å². The highest BCUT2D eigenvalue weighted by molar-refractivity contribution is 6.06. The third kappa shape index (κ3) is 9.79. The van der Waals surface area contributed by atoms with Crippen molar-refractivity contribution in [2.45, 2.75) is 111 Å². The molecule has 238 valence electrons. The molecule has 1 aromatic carbocycles. The molecule has 1 fully saturated rings. The molecule has 1 amide bonds. The van der Waals surface area contributed by atoms with Gasteiger partial charge in [-0.2, -0.15) is 0 Å². The second kappa shape index (κ2) is 14.5. The molecule has 1 aliphatic rings. The highest BCUT2D eigenvalue weighted by Gasteiger charge is 2.47. The van der Waals surface area contributed by atoms with Crippen molar-refractivity contribution in [1.82, 2.24) is 5.32 Å². The minimum absolute atomic E-state index is 0.0838. The molecular formula is C31H43NO11. The minimum Gasteiger partial charge on any atom is -0.457 e. The first-order chi connectivity index (χ1) is 19.9. The fourth-order valence-corrected chi connectivity index (χ4v) is 4.04. The van der Waals surface area contributed by atoms with Crippen LogP contribution in [0.4, 0.5) is 4.79 Å². The topological polar surface area (TPSA) is 161 Å². The van der Waals surface area contributed by atoms with Crippen LogP contribution in [0.1, 0.15) is 74.3 Å². The summed E-state index contributed by atoms with van der Waals surface area (Å²) in [5, 5.41) is 2.32. The molecule has 1 saturated heterocycles. The molecule has 0 radical (unpaired) electrons. The average Bonchev–Trinajstić information content (AvgIpc) is 2.91. The van der Waals surface area contributed by atoms with Gasteiger partial charge in [-0.25, -0.2) is 19.2 Å². The van der Waals surface area contributed by atoms with Gasteiger partial charge in [-0.1, -0.05) is 44.2 Å². The van der Waals surface area contributed by atoms with Gasteiger partial charge in [0.1, 0.15) is 17.1 Å². The average molecular weight is 606 g/mol. The van der Waals surface area contributed by atoms with E-state index in [1.807, 2.05) is 0 Å². The van der Waals surface area contributed by atoms with Gasteiger partial charge in [0.05, 0.1) is 0 Å². The van der Waals surface area contributed by atoms with E-state index in [0.29, 0.717) is 12.0 Å². The predicted octanol–water partition coefficient (Wildman–Crippen LogP) is 3.46. The summed E-state index contributed by atoms with van der Waals surface area (Å²) in [7, 11) is 0. The summed E-state index contributed by atoms with van der Waals surface area (Å²) >= 11 is 0. The lowest BCUT2D eigenvalue weighted by atomic mass is 9.83. The maximum atomic E-state index is 13.7. The number of esters is 4. The lowest BCUT2D eigenvalue weighted by Crippen LogP contribution is -2.53. The number of cyclic esters (lactones) is 4. The molecule has 6 atom stereocenters. The molecule has 1 N–H and O–H groups in total. The van der Waals surface area contributed by atoms with Gasteiger partial charge in [0.2, 0.25) is 6.10 Å². The van der Waals surface area contributed by atoms with E-state index in [-0.39, 0.29) is 6.42 Å². The molecule has 2 rings (SSSR count). The fourth-order valence-electron chi connectivity index (χ4n) is 4.04. The number of hydrogen-bond acceptors (Lipinski definition) is 11. The van der Waals surface area contributed by atoms with E-state index in [4.69, 9.17) is 23.7 Å². The zero-order valence-corrected chi connectivity index (χ0v) is 26.3. The smallest absolute Gasteiger partial charge is 0.408 e. The Hall–Kier alpha value is -3.96. The van der Waals surface area contributed by atoms with Crippen molar-refractivity contribution in [2.75, 3.05) is 0 Å². The second-order valence-corrected chi connectivity index (χ2v) is 12.2. The van der Waals surface area contributed by atoms with Crippen LogP contribution in [0.3, 0.4) is 0 Å². The number of hydrogen-bond donors (Lipinski definition) is 1. The molecule has 0 aromatic heterocycles. The Bertz CT molecular complexity index is 1190. The Morgan fingerprint density at radius 1 is 0.930 bits per heavy atom. The highest BCUT2D eigenvalue weighted by Crippen LogP contribution is 2.27. The molecule has 0 unspecified atom stereocenters. The summed E-state index contributed by atoms with van der Waals surface area (Å²) < 4.78 is 27.1. The summed E-state index contributed by atoms with van der Waals surface area (Å²) in [5.41, 5.74) is -2.14. The fraction of sp³-hybridized carbons (Fsp3) is 0.613. The minimum atomic E-state index is -1.85. The van der Waals surface area contributed by atoms with E-state index in [0.717, 1.165) is 0 Å². The van der Waals surface area contributed by atoms with Crippen LogP contribution in [0.5, 0.6) is 0 Å². The Morgan fingerprint density at radius 2 is 1.53 bits per heavy atom. The predicted molar refractivity (Wildman–Crippen MR) is 152 cm³/mol. The lowest BCUT2D eigenvalue weighted by Gasteiger charge is -2.30. The van der Waals surface area contributed by atoms with Crippen LogP contribution in [-0.4, -0.2) is 71.8 Å². The number of amides is 1. The van der Waals surface area contributed by atoms with E-state index in [1.54, 1.807) is 65.0 Å². The van der Waals surface area contributed by atoms with Crippen LogP contribution in [0, 0.1) is 11.3 Å². The maximum Gasteiger partial charge on any atom is 0.408 e. The Kier molecular flexibility index (Phi) is 11.9. The van der Waals surface area contributed by atoms with Crippen molar-refractivity contribution in [1.29, 1.82) is 0 Å². The lowest BCUT2D eigenvalue weighted by molar-refractivity contribution is -0.183. The van der Waals surface area contributed by atoms with Crippen LogP contribution >= 0.6 is 0 Å². The van der Waals surface area contributed by atoms with Gasteiger partial charge in [-0.15, -0.1) is 0 Å². The first-order valence-corrected chi connectivity index (χ1v) is 14.3. The number of Topliss-reactive ketones (excluding diaryl/α,β-unsaturated/α-hetero) is 1. The van der Waals surface area contributed by atoms with Crippen molar-refractivity contribution in [3.8, 4) is 0 Å².